The Bertz CT molecular complexity index is 617. The average molecular weight is 255 g/mol. The van der Waals surface area contributed by atoms with Gasteiger partial charge in [0, 0.05) is 11.3 Å². The third kappa shape index (κ3) is 1.93. The molecule has 0 bridgehead atoms. The maximum atomic E-state index is 6.06. The fourth-order valence-corrected chi connectivity index (χ4v) is 2.96. The Kier molecular flexibility index (Phi) is 2.66. The van der Waals surface area contributed by atoms with Crippen molar-refractivity contribution in [2.45, 2.75) is 45.4 Å². The predicted octanol–water partition coefficient (Wildman–Crippen LogP) is 3.24. The highest BCUT2D eigenvalue weighted by Gasteiger charge is 2.25. The lowest BCUT2D eigenvalue weighted by molar-refractivity contribution is 0.581. The van der Waals surface area contributed by atoms with Crippen molar-refractivity contribution in [3.63, 3.8) is 0 Å². The number of para-hydroxylation sites is 1. The number of hydrogen-bond donors (Lipinski definition) is 1. The summed E-state index contributed by atoms with van der Waals surface area (Å²) in [5, 5.41) is 4.57. The maximum Gasteiger partial charge on any atom is 0.149 e. The number of anilines is 1. The number of nitrogens with two attached hydrogens (primary N) is 1. The molecule has 0 fully saturated rings. The van der Waals surface area contributed by atoms with Crippen LogP contribution in [0.5, 0.6) is 0 Å². The van der Waals surface area contributed by atoms with Crippen LogP contribution in [0, 0.1) is 0 Å². The van der Waals surface area contributed by atoms with E-state index in [4.69, 9.17) is 5.73 Å². The second-order valence-corrected chi connectivity index (χ2v) is 6.34. The van der Waals surface area contributed by atoms with Crippen molar-refractivity contribution in [1.82, 2.24) is 9.78 Å². The molecule has 100 valence electrons. The van der Waals surface area contributed by atoms with Crippen molar-refractivity contribution in [3.8, 4) is 5.69 Å². The molecule has 2 N–H and O–H groups in total. The smallest absolute Gasteiger partial charge is 0.149 e. The lowest BCUT2D eigenvalue weighted by Gasteiger charge is -2.23. The van der Waals surface area contributed by atoms with Gasteiger partial charge in [-0.05, 0) is 36.3 Å². The van der Waals surface area contributed by atoms with Crippen LogP contribution in [0.4, 0.5) is 5.82 Å². The first-order valence-electron chi connectivity index (χ1n) is 6.94. The van der Waals surface area contributed by atoms with Gasteiger partial charge in [0.15, 0.2) is 0 Å². The van der Waals surface area contributed by atoms with Crippen molar-refractivity contribution >= 4 is 5.82 Å². The molecule has 0 amide bonds. The largest absolute Gasteiger partial charge is 0.382 e. The monoisotopic (exact) mass is 255 g/mol. The van der Waals surface area contributed by atoms with E-state index in [0.717, 1.165) is 12.8 Å². The van der Waals surface area contributed by atoms with Gasteiger partial charge in [-0.2, -0.15) is 5.10 Å². The topological polar surface area (TPSA) is 43.8 Å². The summed E-state index contributed by atoms with van der Waals surface area (Å²) in [5.74, 6) is 0.705. The van der Waals surface area contributed by atoms with Crippen LogP contribution in [-0.4, -0.2) is 9.78 Å². The van der Waals surface area contributed by atoms with E-state index in [1.54, 1.807) is 0 Å². The summed E-state index contributed by atoms with van der Waals surface area (Å²) in [5.41, 5.74) is 11.2. The number of aromatic nitrogens is 2. The summed E-state index contributed by atoms with van der Waals surface area (Å²) in [6.07, 6.45) is 3.34. The molecule has 3 heteroatoms. The van der Waals surface area contributed by atoms with E-state index in [1.165, 1.54) is 28.9 Å². The molecule has 3 nitrogen and oxygen atoms in total. The molecule has 19 heavy (non-hydrogen) atoms. The van der Waals surface area contributed by atoms with Crippen molar-refractivity contribution in [2.75, 3.05) is 5.73 Å². The minimum Gasteiger partial charge on any atom is -0.382 e. The first-order valence-corrected chi connectivity index (χ1v) is 6.94. The minimum atomic E-state index is 0.1000. The zero-order valence-electron chi connectivity index (χ0n) is 11.9. The van der Waals surface area contributed by atoms with E-state index in [0.29, 0.717) is 5.82 Å². The zero-order valence-corrected chi connectivity index (χ0v) is 11.9. The molecule has 0 atom stereocenters. The highest BCUT2D eigenvalue weighted by molar-refractivity contribution is 5.52. The number of rotatable bonds is 1. The summed E-state index contributed by atoms with van der Waals surface area (Å²) in [7, 11) is 0. The van der Waals surface area contributed by atoms with Gasteiger partial charge >= 0.3 is 0 Å². The van der Waals surface area contributed by atoms with Crippen molar-refractivity contribution in [1.29, 1.82) is 0 Å². The van der Waals surface area contributed by atoms with E-state index in [9.17, 15) is 0 Å². The van der Waals surface area contributed by atoms with Crippen molar-refractivity contribution in [2.24, 2.45) is 0 Å². The van der Waals surface area contributed by atoms with Gasteiger partial charge in [0.2, 0.25) is 0 Å². The first kappa shape index (κ1) is 12.3. The SMILES string of the molecule is CC(C)(C)c1ccccc1-n1nc(N)c2c1CCC2. The summed E-state index contributed by atoms with van der Waals surface area (Å²) in [6.45, 7) is 6.71. The number of hydrogen-bond acceptors (Lipinski definition) is 2. The molecule has 0 spiro atoms. The molecule has 2 aromatic rings. The van der Waals surface area contributed by atoms with Crippen LogP contribution < -0.4 is 5.73 Å². The van der Waals surface area contributed by atoms with Crippen LogP contribution in [0.15, 0.2) is 24.3 Å². The standard InChI is InChI=1S/C16H21N3/c1-16(2,3)12-8-4-5-9-14(12)19-13-10-6-7-11(13)15(17)18-19/h4-5,8-9H,6-7,10H2,1-3H3,(H2,17,18). The Hall–Kier alpha value is -1.77. The van der Waals surface area contributed by atoms with Gasteiger partial charge in [-0.3, -0.25) is 0 Å². The van der Waals surface area contributed by atoms with Gasteiger partial charge in [-0.15, -0.1) is 0 Å². The summed E-state index contributed by atoms with van der Waals surface area (Å²) >= 11 is 0. The Balaban J connectivity index is 2.21. The molecular formula is C16H21N3. The van der Waals surface area contributed by atoms with Gasteiger partial charge in [0.1, 0.15) is 5.82 Å². The molecule has 0 unspecified atom stereocenters. The van der Waals surface area contributed by atoms with Crippen LogP contribution in [0.2, 0.25) is 0 Å². The van der Waals surface area contributed by atoms with Crippen LogP contribution in [0.25, 0.3) is 5.69 Å². The molecule has 1 aliphatic rings. The minimum absolute atomic E-state index is 0.1000. The van der Waals surface area contributed by atoms with Crippen LogP contribution in [0.3, 0.4) is 0 Å². The second-order valence-electron chi connectivity index (χ2n) is 6.34. The molecule has 1 aromatic heterocycles. The zero-order chi connectivity index (χ0) is 13.6. The summed E-state index contributed by atoms with van der Waals surface area (Å²) in [6, 6.07) is 8.50. The average Bonchev–Trinajstić information content (AvgIpc) is 2.93. The van der Waals surface area contributed by atoms with Gasteiger partial charge in [0.05, 0.1) is 5.69 Å². The van der Waals surface area contributed by atoms with E-state index >= 15 is 0 Å². The van der Waals surface area contributed by atoms with E-state index < -0.39 is 0 Å². The van der Waals surface area contributed by atoms with Crippen LogP contribution in [-0.2, 0) is 18.3 Å². The molecule has 0 saturated carbocycles. The second kappa shape index (κ2) is 4.12. The number of benzene rings is 1. The molecule has 0 radical (unpaired) electrons. The third-order valence-electron chi connectivity index (χ3n) is 3.90. The van der Waals surface area contributed by atoms with E-state index in [2.05, 4.69) is 54.8 Å². The number of nitrogens with zero attached hydrogens (tertiary/aromatic N) is 2. The molecule has 1 heterocycles. The number of fused-ring (bicyclic) bond motifs is 1. The summed E-state index contributed by atoms with van der Waals surface area (Å²) in [4.78, 5) is 0. The number of nitrogen functional groups attached to an aromatic ring is 1. The Morgan fingerprint density at radius 3 is 2.63 bits per heavy atom. The highest BCUT2D eigenvalue weighted by atomic mass is 15.3. The molecule has 0 saturated heterocycles. The quantitative estimate of drug-likeness (QED) is 0.850. The van der Waals surface area contributed by atoms with Crippen molar-refractivity contribution in [3.05, 3.63) is 41.1 Å². The van der Waals surface area contributed by atoms with Crippen molar-refractivity contribution < 1.29 is 0 Å². The lowest BCUT2D eigenvalue weighted by atomic mass is 9.86. The predicted molar refractivity (Wildman–Crippen MR) is 78.7 cm³/mol. The van der Waals surface area contributed by atoms with E-state index in [1.807, 2.05) is 0 Å². The first-order chi connectivity index (χ1) is 8.98. The molecule has 0 aliphatic heterocycles. The van der Waals surface area contributed by atoms with E-state index in [-0.39, 0.29) is 5.41 Å². The van der Waals surface area contributed by atoms with Gasteiger partial charge in [-0.25, -0.2) is 4.68 Å². The normalized spacial score (nSPS) is 14.7. The molecular weight excluding hydrogens is 234 g/mol. The molecule has 1 aromatic carbocycles. The molecule has 3 rings (SSSR count). The Morgan fingerprint density at radius 1 is 1.16 bits per heavy atom. The fraction of sp³-hybridized carbons (Fsp3) is 0.438. The van der Waals surface area contributed by atoms with Crippen LogP contribution >= 0.6 is 0 Å². The Labute approximate surface area is 114 Å². The molecule has 1 aliphatic carbocycles. The third-order valence-corrected chi connectivity index (χ3v) is 3.90. The van der Waals surface area contributed by atoms with Gasteiger partial charge < -0.3 is 5.73 Å². The van der Waals surface area contributed by atoms with Gasteiger partial charge in [0.25, 0.3) is 0 Å². The Morgan fingerprint density at radius 2 is 1.89 bits per heavy atom. The van der Waals surface area contributed by atoms with Crippen LogP contribution in [0.1, 0.15) is 44.0 Å². The maximum absolute atomic E-state index is 6.06. The summed E-state index contributed by atoms with van der Waals surface area (Å²) < 4.78 is 2.07. The highest BCUT2D eigenvalue weighted by Crippen LogP contribution is 2.33. The van der Waals surface area contributed by atoms with Gasteiger partial charge in [-0.1, -0.05) is 39.0 Å². The fourth-order valence-electron chi connectivity index (χ4n) is 2.96. The lowest BCUT2D eigenvalue weighted by Crippen LogP contribution is -2.16.